The number of rotatable bonds is 3. The second-order valence-electron chi connectivity index (χ2n) is 3.80. The fraction of sp³-hybridized carbons (Fsp3) is 0.556. The van der Waals surface area contributed by atoms with Crippen LogP contribution in [0.3, 0.4) is 0 Å². The van der Waals surface area contributed by atoms with Crippen LogP contribution in [0.4, 0.5) is 0 Å². The summed E-state index contributed by atoms with van der Waals surface area (Å²) in [5, 5.41) is 0. The predicted octanol–water partition coefficient (Wildman–Crippen LogP) is 3.32. The summed E-state index contributed by atoms with van der Waals surface area (Å²) in [6, 6.07) is 0. The lowest BCUT2D eigenvalue weighted by atomic mass is 10.3. The van der Waals surface area contributed by atoms with Gasteiger partial charge in [0.25, 0.3) is 0 Å². The third-order valence-corrected chi connectivity index (χ3v) is 1.77. The Labute approximate surface area is 70.9 Å². The molecule has 0 aliphatic rings. The molecule has 1 nitrogen and oxygen atoms in total. The second-order valence-corrected chi connectivity index (χ2v) is 8.26. The highest BCUT2D eigenvalue weighted by Crippen LogP contribution is 2.02. The molecule has 0 rings (SSSR count). The Morgan fingerprint density at radius 3 is 2.09 bits per heavy atom. The van der Waals surface area contributed by atoms with Gasteiger partial charge in [-0.15, -0.1) is 0 Å². The smallest absolute Gasteiger partial charge is 0.241 e. The van der Waals surface area contributed by atoms with Gasteiger partial charge >= 0.3 is 0 Å². The van der Waals surface area contributed by atoms with Crippen LogP contribution in [-0.4, -0.2) is 8.32 Å². The lowest BCUT2D eigenvalue weighted by Crippen LogP contribution is -2.21. The summed E-state index contributed by atoms with van der Waals surface area (Å²) in [7, 11) is -1.35. The van der Waals surface area contributed by atoms with Crippen LogP contribution in [0.15, 0.2) is 24.0 Å². The molecule has 0 aromatic heterocycles. The predicted molar refractivity (Wildman–Crippen MR) is 53.0 cm³/mol. The standard InChI is InChI=1S/C9H18OSi/c1-9(2)7-6-8-10-11(3,4)5/h6-8H,1-5H3/b8-6+. The maximum Gasteiger partial charge on any atom is 0.241 e. The average molecular weight is 170 g/mol. The summed E-state index contributed by atoms with van der Waals surface area (Å²) in [5.74, 6) is 0. The fourth-order valence-corrected chi connectivity index (χ4v) is 0.962. The van der Waals surface area contributed by atoms with Crippen LogP contribution in [0.5, 0.6) is 0 Å². The highest BCUT2D eigenvalue weighted by Gasteiger charge is 2.12. The van der Waals surface area contributed by atoms with E-state index in [-0.39, 0.29) is 0 Å². The molecule has 0 aliphatic heterocycles. The van der Waals surface area contributed by atoms with Gasteiger partial charge in [-0.1, -0.05) is 11.6 Å². The number of hydrogen-bond donors (Lipinski definition) is 0. The summed E-state index contributed by atoms with van der Waals surface area (Å²) in [4.78, 5) is 0. The third-order valence-electron chi connectivity index (χ3n) is 0.930. The molecule has 0 saturated heterocycles. The first-order chi connectivity index (χ1) is 4.92. The molecule has 0 spiro atoms. The molecule has 0 heterocycles. The third kappa shape index (κ3) is 9.50. The van der Waals surface area contributed by atoms with E-state index in [4.69, 9.17) is 4.43 Å². The number of allylic oxidation sites excluding steroid dienone is 3. The Kier molecular flexibility index (Phi) is 4.19. The summed E-state index contributed by atoms with van der Waals surface area (Å²) < 4.78 is 5.49. The Morgan fingerprint density at radius 2 is 1.73 bits per heavy atom. The van der Waals surface area contributed by atoms with E-state index in [0.717, 1.165) is 0 Å². The van der Waals surface area contributed by atoms with Crippen molar-refractivity contribution in [3.63, 3.8) is 0 Å². The van der Waals surface area contributed by atoms with Crippen molar-refractivity contribution in [1.29, 1.82) is 0 Å². The van der Waals surface area contributed by atoms with Crippen LogP contribution in [0, 0.1) is 0 Å². The van der Waals surface area contributed by atoms with E-state index < -0.39 is 8.32 Å². The molecule has 0 atom stereocenters. The highest BCUT2D eigenvalue weighted by atomic mass is 28.4. The molecule has 0 unspecified atom stereocenters. The molecule has 0 fully saturated rings. The zero-order valence-electron chi connectivity index (χ0n) is 8.14. The van der Waals surface area contributed by atoms with Crippen molar-refractivity contribution in [2.75, 3.05) is 0 Å². The minimum atomic E-state index is -1.35. The quantitative estimate of drug-likeness (QED) is 0.359. The highest BCUT2D eigenvalue weighted by molar-refractivity contribution is 6.69. The molecule has 0 N–H and O–H groups in total. The van der Waals surface area contributed by atoms with Crippen LogP contribution >= 0.6 is 0 Å². The van der Waals surface area contributed by atoms with Crippen molar-refractivity contribution in [3.05, 3.63) is 24.0 Å². The van der Waals surface area contributed by atoms with E-state index in [1.54, 1.807) is 6.26 Å². The molecule has 2 heteroatoms. The van der Waals surface area contributed by atoms with Gasteiger partial charge in [-0.2, -0.15) is 0 Å². The van der Waals surface area contributed by atoms with E-state index in [1.807, 2.05) is 12.2 Å². The van der Waals surface area contributed by atoms with E-state index in [2.05, 4.69) is 33.5 Å². The molecule has 64 valence electrons. The molecular weight excluding hydrogens is 152 g/mol. The topological polar surface area (TPSA) is 9.23 Å². The zero-order chi connectivity index (χ0) is 8.91. The fourth-order valence-electron chi connectivity index (χ4n) is 0.475. The Morgan fingerprint density at radius 1 is 1.18 bits per heavy atom. The van der Waals surface area contributed by atoms with Crippen molar-refractivity contribution >= 4 is 8.32 Å². The molecule has 0 aromatic rings. The van der Waals surface area contributed by atoms with Gasteiger partial charge in [0.05, 0.1) is 6.26 Å². The summed E-state index contributed by atoms with van der Waals surface area (Å²) in [5.41, 5.74) is 1.29. The van der Waals surface area contributed by atoms with Crippen molar-refractivity contribution in [2.24, 2.45) is 0 Å². The van der Waals surface area contributed by atoms with E-state index in [0.29, 0.717) is 0 Å². The first-order valence-corrected chi connectivity index (χ1v) is 7.30. The molecule has 0 aromatic carbocycles. The van der Waals surface area contributed by atoms with Gasteiger partial charge in [0, 0.05) is 0 Å². The van der Waals surface area contributed by atoms with Gasteiger partial charge in [-0.3, -0.25) is 0 Å². The molecule has 11 heavy (non-hydrogen) atoms. The summed E-state index contributed by atoms with van der Waals surface area (Å²) >= 11 is 0. The first-order valence-electron chi connectivity index (χ1n) is 3.90. The minimum Gasteiger partial charge on any atom is -0.550 e. The van der Waals surface area contributed by atoms with E-state index >= 15 is 0 Å². The first kappa shape index (κ1) is 10.5. The average Bonchev–Trinajstić information content (AvgIpc) is 1.78. The van der Waals surface area contributed by atoms with Crippen LogP contribution in [0.25, 0.3) is 0 Å². The maximum atomic E-state index is 5.49. The maximum absolute atomic E-state index is 5.49. The Hall–Kier alpha value is -0.503. The molecular formula is C9H18OSi. The molecule has 0 radical (unpaired) electrons. The normalized spacial score (nSPS) is 11.7. The van der Waals surface area contributed by atoms with Gasteiger partial charge in [0.15, 0.2) is 0 Å². The van der Waals surface area contributed by atoms with Crippen LogP contribution in [-0.2, 0) is 4.43 Å². The lowest BCUT2D eigenvalue weighted by Gasteiger charge is -2.14. The van der Waals surface area contributed by atoms with Gasteiger partial charge in [0.2, 0.25) is 8.32 Å². The summed E-state index contributed by atoms with van der Waals surface area (Å²) in [6.45, 7) is 10.6. The Balaban J connectivity index is 3.71. The van der Waals surface area contributed by atoms with E-state index in [9.17, 15) is 0 Å². The molecule has 0 saturated carbocycles. The second kappa shape index (κ2) is 4.39. The molecule has 0 bridgehead atoms. The monoisotopic (exact) mass is 170 g/mol. The number of hydrogen-bond acceptors (Lipinski definition) is 1. The van der Waals surface area contributed by atoms with Crippen LogP contribution < -0.4 is 0 Å². The van der Waals surface area contributed by atoms with Crippen LogP contribution in [0.2, 0.25) is 19.6 Å². The van der Waals surface area contributed by atoms with Gasteiger partial charge in [-0.25, -0.2) is 0 Å². The van der Waals surface area contributed by atoms with Gasteiger partial charge in [-0.05, 0) is 39.6 Å². The van der Waals surface area contributed by atoms with Crippen molar-refractivity contribution in [2.45, 2.75) is 33.5 Å². The van der Waals surface area contributed by atoms with Crippen molar-refractivity contribution < 1.29 is 4.43 Å². The van der Waals surface area contributed by atoms with E-state index in [1.165, 1.54) is 5.57 Å². The summed E-state index contributed by atoms with van der Waals surface area (Å²) in [6.07, 6.45) is 5.78. The lowest BCUT2D eigenvalue weighted by molar-refractivity contribution is 0.479. The Bertz CT molecular complexity index is 159. The molecule has 0 amide bonds. The van der Waals surface area contributed by atoms with Crippen molar-refractivity contribution in [3.8, 4) is 0 Å². The SMILES string of the molecule is CC(C)=C/C=C/O[Si](C)(C)C. The molecule has 0 aliphatic carbocycles. The van der Waals surface area contributed by atoms with Gasteiger partial charge < -0.3 is 4.43 Å². The van der Waals surface area contributed by atoms with Crippen molar-refractivity contribution in [1.82, 2.24) is 0 Å². The van der Waals surface area contributed by atoms with Crippen LogP contribution in [0.1, 0.15) is 13.8 Å². The van der Waals surface area contributed by atoms with Gasteiger partial charge in [0.1, 0.15) is 0 Å². The minimum absolute atomic E-state index is 1.29. The zero-order valence-corrected chi connectivity index (χ0v) is 9.14. The largest absolute Gasteiger partial charge is 0.550 e.